The van der Waals surface area contributed by atoms with E-state index in [1.165, 1.54) is 0 Å². The molecule has 2 atom stereocenters. The zero-order chi connectivity index (χ0) is 16.7. The summed E-state index contributed by atoms with van der Waals surface area (Å²) in [5.74, 6) is 0.0768. The van der Waals surface area contributed by atoms with Crippen molar-refractivity contribution in [1.82, 2.24) is 4.90 Å². The number of benzene rings is 1. The van der Waals surface area contributed by atoms with Crippen molar-refractivity contribution in [3.05, 3.63) is 36.1 Å². The van der Waals surface area contributed by atoms with Crippen molar-refractivity contribution in [2.75, 3.05) is 19.7 Å². The second kappa shape index (κ2) is 5.90. The lowest BCUT2D eigenvalue weighted by atomic mass is 10.0. The Labute approximate surface area is 141 Å². The number of hydrogen-bond acceptors (Lipinski definition) is 4. The third-order valence-electron chi connectivity index (χ3n) is 5.08. The first kappa shape index (κ1) is 15.7. The molecule has 0 saturated carbocycles. The van der Waals surface area contributed by atoms with Gasteiger partial charge in [0.05, 0.1) is 18.6 Å². The predicted octanol–water partition coefficient (Wildman–Crippen LogP) is 3.29. The fraction of sp³-hybridized carbons (Fsp3) is 0.526. The van der Waals surface area contributed by atoms with Crippen LogP contribution < -0.4 is 0 Å². The average molecular weight is 329 g/mol. The first-order valence-electron chi connectivity index (χ1n) is 8.65. The molecule has 0 radical (unpaired) electrons. The fourth-order valence-corrected chi connectivity index (χ4v) is 3.65. The molecule has 2 aliphatic heterocycles. The Bertz CT molecular complexity index is 712. The van der Waals surface area contributed by atoms with Gasteiger partial charge in [0.25, 0.3) is 0 Å². The molecule has 0 unspecified atom stereocenters. The minimum Gasteiger partial charge on any atom is -0.460 e. The van der Waals surface area contributed by atoms with Crippen molar-refractivity contribution in [1.29, 1.82) is 0 Å². The molecule has 0 aliphatic carbocycles. The molecule has 1 aromatic heterocycles. The number of ether oxygens (including phenoxy) is 2. The largest absolute Gasteiger partial charge is 0.460 e. The van der Waals surface area contributed by atoms with E-state index in [9.17, 15) is 4.79 Å². The Morgan fingerprint density at radius 2 is 2.04 bits per heavy atom. The smallest absolute Gasteiger partial charge is 0.233 e. The van der Waals surface area contributed by atoms with Gasteiger partial charge in [0, 0.05) is 31.3 Å². The van der Waals surface area contributed by atoms with Crippen LogP contribution in [-0.4, -0.2) is 42.4 Å². The number of hydrogen-bond donors (Lipinski definition) is 0. The van der Waals surface area contributed by atoms with Crippen LogP contribution in [0.1, 0.15) is 38.4 Å². The Hall–Kier alpha value is -1.85. The van der Waals surface area contributed by atoms with E-state index in [2.05, 4.69) is 0 Å². The molecule has 128 valence electrons. The van der Waals surface area contributed by atoms with E-state index in [-0.39, 0.29) is 17.9 Å². The zero-order valence-electron chi connectivity index (χ0n) is 14.2. The molecular formula is C19H23NO4. The van der Waals surface area contributed by atoms with Crippen LogP contribution in [0.2, 0.25) is 0 Å². The van der Waals surface area contributed by atoms with Gasteiger partial charge in [0.1, 0.15) is 11.3 Å². The summed E-state index contributed by atoms with van der Waals surface area (Å²) in [6.07, 6.45) is 1.60. The van der Waals surface area contributed by atoms with Crippen LogP contribution in [0.3, 0.4) is 0 Å². The van der Waals surface area contributed by atoms with Crippen molar-refractivity contribution >= 4 is 16.9 Å². The molecule has 2 aromatic rings. The molecule has 4 rings (SSSR count). The van der Waals surface area contributed by atoms with Crippen LogP contribution in [0.25, 0.3) is 11.0 Å². The molecule has 1 spiro atoms. The summed E-state index contributed by atoms with van der Waals surface area (Å²) in [6, 6.07) is 9.81. The highest BCUT2D eigenvalue weighted by Gasteiger charge is 2.43. The normalized spacial score (nSPS) is 24.6. The summed E-state index contributed by atoms with van der Waals surface area (Å²) in [5.41, 5.74) is 0.825. The SMILES string of the molecule is C[C@H](C(=O)N1CCC2(CC1)OC[C@H](C)O2)c1cc2ccccc2o1. The molecule has 2 fully saturated rings. The average Bonchev–Trinajstić information content (AvgIpc) is 3.18. The molecular weight excluding hydrogens is 306 g/mol. The van der Waals surface area contributed by atoms with E-state index in [0.29, 0.717) is 19.7 Å². The van der Waals surface area contributed by atoms with Gasteiger partial charge in [-0.05, 0) is 26.0 Å². The number of rotatable bonds is 2. The van der Waals surface area contributed by atoms with E-state index in [1.54, 1.807) is 0 Å². The summed E-state index contributed by atoms with van der Waals surface area (Å²) in [7, 11) is 0. The Morgan fingerprint density at radius 1 is 1.29 bits per heavy atom. The van der Waals surface area contributed by atoms with Gasteiger partial charge in [-0.2, -0.15) is 0 Å². The highest BCUT2D eigenvalue weighted by Crippen LogP contribution is 2.35. The minimum absolute atomic E-state index is 0.106. The van der Waals surface area contributed by atoms with E-state index in [1.807, 2.05) is 49.1 Å². The molecule has 3 heterocycles. The Kier molecular flexibility index (Phi) is 3.85. The molecule has 0 N–H and O–H groups in total. The summed E-state index contributed by atoms with van der Waals surface area (Å²) >= 11 is 0. The van der Waals surface area contributed by atoms with E-state index >= 15 is 0 Å². The standard InChI is InChI=1S/C19H23NO4/c1-13-12-22-19(24-13)7-9-20(10-8-19)18(21)14(2)17-11-15-5-3-4-6-16(15)23-17/h3-6,11,13-14H,7-10,12H2,1-2H3/t13-,14-/m0/s1. The molecule has 5 heteroatoms. The summed E-state index contributed by atoms with van der Waals surface area (Å²) < 4.78 is 17.6. The van der Waals surface area contributed by atoms with Crippen molar-refractivity contribution in [3.8, 4) is 0 Å². The Morgan fingerprint density at radius 3 is 2.71 bits per heavy atom. The van der Waals surface area contributed by atoms with Gasteiger partial charge in [-0.25, -0.2) is 0 Å². The summed E-state index contributed by atoms with van der Waals surface area (Å²) in [4.78, 5) is 14.7. The summed E-state index contributed by atoms with van der Waals surface area (Å²) in [6.45, 7) is 5.90. The number of carbonyl (C=O) groups is 1. The monoisotopic (exact) mass is 329 g/mol. The van der Waals surface area contributed by atoms with Gasteiger partial charge in [-0.15, -0.1) is 0 Å². The van der Waals surface area contributed by atoms with Crippen LogP contribution in [-0.2, 0) is 14.3 Å². The number of piperidine rings is 1. The quantitative estimate of drug-likeness (QED) is 0.848. The second-order valence-electron chi connectivity index (χ2n) is 6.88. The highest BCUT2D eigenvalue weighted by atomic mass is 16.7. The van der Waals surface area contributed by atoms with Crippen LogP contribution in [0, 0.1) is 0 Å². The second-order valence-corrected chi connectivity index (χ2v) is 6.88. The number of furan rings is 1. The zero-order valence-corrected chi connectivity index (χ0v) is 14.2. The topological polar surface area (TPSA) is 51.9 Å². The van der Waals surface area contributed by atoms with Crippen LogP contribution in [0.5, 0.6) is 0 Å². The van der Waals surface area contributed by atoms with Crippen LogP contribution in [0.15, 0.2) is 34.7 Å². The number of fused-ring (bicyclic) bond motifs is 1. The molecule has 2 aliphatic rings. The molecule has 1 amide bonds. The lowest BCUT2D eigenvalue weighted by Crippen LogP contribution is -2.48. The lowest BCUT2D eigenvalue weighted by molar-refractivity contribution is -0.195. The molecule has 5 nitrogen and oxygen atoms in total. The van der Waals surface area contributed by atoms with Crippen molar-refractivity contribution in [3.63, 3.8) is 0 Å². The van der Waals surface area contributed by atoms with Gasteiger partial charge in [0.2, 0.25) is 5.91 Å². The van der Waals surface area contributed by atoms with Crippen LogP contribution in [0.4, 0.5) is 0 Å². The molecule has 1 aromatic carbocycles. The van der Waals surface area contributed by atoms with Gasteiger partial charge >= 0.3 is 0 Å². The maximum Gasteiger partial charge on any atom is 0.233 e. The van der Waals surface area contributed by atoms with Gasteiger partial charge in [-0.1, -0.05) is 18.2 Å². The number of likely N-dealkylation sites (tertiary alicyclic amines) is 1. The maximum atomic E-state index is 12.8. The highest BCUT2D eigenvalue weighted by molar-refractivity contribution is 5.85. The van der Waals surface area contributed by atoms with Crippen molar-refractivity contribution in [2.24, 2.45) is 0 Å². The van der Waals surface area contributed by atoms with Crippen molar-refractivity contribution < 1.29 is 18.7 Å². The van der Waals surface area contributed by atoms with Gasteiger partial charge < -0.3 is 18.8 Å². The molecule has 0 bridgehead atoms. The minimum atomic E-state index is -0.473. The fourth-order valence-electron chi connectivity index (χ4n) is 3.65. The van der Waals surface area contributed by atoms with E-state index in [4.69, 9.17) is 13.9 Å². The third kappa shape index (κ3) is 2.72. The number of carbonyl (C=O) groups excluding carboxylic acids is 1. The number of para-hydroxylation sites is 1. The molecule has 24 heavy (non-hydrogen) atoms. The summed E-state index contributed by atoms with van der Waals surface area (Å²) in [5, 5.41) is 1.03. The Balaban J connectivity index is 1.44. The first-order valence-corrected chi connectivity index (χ1v) is 8.65. The predicted molar refractivity (Wildman–Crippen MR) is 89.7 cm³/mol. The van der Waals surface area contributed by atoms with E-state index in [0.717, 1.165) is 29.6 Å². The number of nitrogens with zero attached hydrogens (tertiary/aromatic N) is 1. The van der Waals surface area contributed by atoms with Gasteiger partial charge in [-0.3, -0.25) is 4.79 Å². The third-order valence-corrected chi connectivity index (χ3v) is 5.08. The van der Waals surface area contributed by atoms with Crippen LogP contribution >= 0.6 is 0 Å². The number of amides is 1. The van der Waals surface area contributed by atoms with E-state index < -0.39 is 5.79 Å². The first-order chi connectivity index (χ1) is 11.6. The maximum absolute atomic E-state index is 12.8. The lowest BCUT2D eigenvalue weighted by Gasteiger charge is -2.38. The van der Waals surface area contributed by atoms with Gasteiger partial charge in [0.15, 0.2) is 5.79 Å². The van der Waals surface area contributed by atoms with Crippen molar-refractivity contribution in [2.45, 2.75) is 44.5 Å². The molecule has 2 saturated heterocycles.